The van der Waals surface area contributed by atoms with Crippen LogP contribution in [0.4, 0.5) is 0 Å². The number of nitrogens with one attached hydrogen (secondary N) is 1. The molecule has 0 spiro atoms. The molecule has 7 nitrogen and oxygen atoms in total. The van der Waals surface area contributed by atoms with Gasteiger partial charge in [0, 0.05) is 0 Å². The van der Waals surface area contributed by atoms with Crippen molar-refractivity contribution < 1.29 is 0 Å². The molecule has 0 atom stereocenters. The van der Waals surface area contributed by atoms with E-state index in [4.69, 9.17) is 0 Å². The summed E-state index contributed by atoms with van der Waals surface area (Å²) in [6.45, 7) is 0. The number of hydrogen-bond donors (Lipinski definition) is 1. The van der Waals surface area contributed by atoms with Crippen LogP contribution in [0.2, 0.25) is 0 Å². The van der Waals surface area contributed by atoms with Crippen LogP contribution in [0.1, 0.15) is 0 Å². The topological polar surface area (TPSA) is 85.2 Å². The lowest BCUT2D eigenvalue weighted by Gasteiger charge is -1.95. The SMILES string of the molecule is c1nnn(-c2cnc3nc[nH]c3c2)n1. The molecule has 0 radical (unpaired) electrons. The van der Waals surface area contributed by atoms with E-state index in [9.17, 15) is 0 Å². The Bertz CT molecular complexity index is 552. The van der Waals surface area contributed by atoms with Crippen molar-refractivity contribution in [2.45, 2.75) is 0 Å². The molecule has 0 saturated carbocycles. The minimum atomic E-state index is 0.675. The molecule has 3 heterocycles. The van der Waals surface area contributed by atoms with Crippen molar-refractivity contribution in [3.05, 3.63) is 24.9 Å². The highest BCUT2D eigenvalue weighted by atomic mass is 15.6. The predicted molar refractivity (Wildman–Crippen MR) is 46.6 cm³/mol. The van der Waals surface area contributed by atoms with Gasteiger partial charge in [-0.3, -0.25) is 0 Å². The highest BCUT2D eigenvalue weighted by Crippen LogP contribution is 2.09. The lowest BCUT2D eigenvalue weighted by Crippen LogP contribution is -1.99. The Kier molecular flexibility index (Phi) is 1.32. The molecule has 0 amide bonds. The van der Waals surface area contributed by atoms with Gasteiger partial charge in [-0.25, -0.2) is 9.97 Å². The predicted octanol–water partition coefficient (Wildman–Crippen LogP) is -0.0664. The summed E-state index contributed by atoms with van der Waals surface area (Å²) in [6, 6.07) is 1.86. The van der Waals surface area contributed by atoms with Crippen LogP contribution in [0, 0.1) is 0 Å². The van der Waals surface area contributed by atoms with Crippen LogP contribution >= 0.6 is 0 Å². The Morgan fingerprint density at radius 3 is 3.14 bits per heavy atom. The zero-order chi connectivity index (χ0) is 9.38. The van der Waals surface area contributed by atoms with Crippen molar-refractivity contribution in [3.8, 4) is 5.69 Å². The highest BCUT2D eigenvalue weighted by Gasteiger charge is 2.02. The molecule has 1 N–H and O–H groups in total. The Hall–Kier alpha value is -2.31. The number of hydrogen-bond acceptors (Lipinski definition) is 5. The van der Waals surface area contributed by atoms with Crippen molar-refractivity contribution in [2.75, 3.05) is 0 Å². The molecule has 14 heavy (non-hydrogen) atoms. The molecule has 3 rings (SSSR count). The maximum atomic E-state index is 4.13. The Morgan fingerprint density at radius 2 is 2.29 bits per heavy atom. The van der Waals surface area contributed by atoms with E-state index in [2.05, 4.69) is 30.4 Å². The summed E-state index contributed by atoms with van der Waals surface area (Å²) in [4.78, 5) is 12.5. The molecule has 0 fully saturated rings. The molecule has 3 aromatic rings. The molecule has 0 unspecified atom stereocenters. The summed E-state index contributed by atoms with van der Waals surface area (Å²) in [5.74, 6) is 0. The average molecular weight is 187 g/mol. The molecule has 0 aliphatic rings. The second-order valence-corrected chi connectivity index (χ2v) is 2.69. The first kappa shape index (κ1) is 7.13. The van der Waals surface area contributed by atoms with Gasteiger partial charge in [-0.15, -0.1) is 15.0 Å². The first-order valence-corrected chi connectivity index (χ1v) is 3.96. The number of H-pyrrole nitrogens is 1. The maximum absolute atomic E-state index is 4.13. The van der Waals surface area contributed by atoms with Crippen LogP contribution in [-0.4, -0.2) is 35.2 Å². The van der Waals surface area contributed by atoms with E-state index >= 15 is 0 Å². The summed E-state index contributed by atoms with van der Waals surface area (Å²) < 4.78 is 0. The monoisotopic (exact) mass is 187 g/mol. The molecule has 68 valence electrons. The normalized spacial score (nSPS) is 10.9. The first-order chi connectivity index (χ1) is 6.93. The quantitative estimate of drug-likeness (QED) is 0.576. The van der Waals surface area contributed by atoms with E-state index in [0.29, 0.717) is 5.65 Å². The average Bonchev–Trinajstić information content (AvgIpc) is 2.88. The summed E-state index contributed by atoms with van der Waals surface area (Å²) in [6.07, 6.45) is 4.61. The first-order valence-electron chi connectivity index (χ1n) is 3.96. The van der Waals surface area contributed by atoms with Crippen LogP contribution in [0.3, 0.4) is 0 Å². The largest absolute Gasteiger partial charge is 0.343 e. The number of nitrogens with zero attached hydrogens (tertiary/aromatic N) is 6. The van der Waals surface area contributed by atoms with Gasteiger partial charge in [0.25, 0.3) is 0 Å². The molecular formula is C7H5N7. The van der Waals surface area contributed by atoms with E-state index in [0.717, 1.165) is 11.2 Å². The maximum Gasteiger partial charge on any atom is 0.177 e. The number of tetrazole rings is 1. The third-order valence-corrected chi connectivity index (χ3v) is 1.84. The number of aromatic nitrogens is 7. The number of rotatable bonds is 1. The van der Waals surface area contributed by atoms with Crippen LogP contribution in [-0.2, 0) is 0 Å². The second kappa shape index (κ2) is 2.59. The zero-order valence-corrected chi connectivity index (χ0v) is 6.99. The van der Waals surface area contributed by atoms with Crippen molar-refractivity contribution in [1.29, 1.82) is 0 Å². The molecule has 0 aliphatic carbocycles. The Labute approximate surface area is 77.8 Å². The van der Waals surface area contributed by atoms with Crippen LogP contribution < -0.4 is 0 Å². The van der Waals surface area contributed by atoms with Crippen molar-refractivity contribution in [1.82, 2.24) is 35.2 Å². The fraction of sp³-hybridized carbons (Fsp3) is 0. The van der Waals surface area contributed by atoms with E-state index < -0.39 is 0 Å². The number of imidazole rings is 1. The molecule has 3 aromatic heterocycles. The van der Waals surface area contributed by atoms with Gasteiger partial charge in [-0.05, 0) is 11.3 Å². The fourth-order valence-corrected chi connectivity index (χ4v) is 1.21. The summed E-state index contributed by atoms with van der Waals surface area (Å²) in [5, 5.41) is 11.3. The van der Waals surface area contributed by atoms with Crippen molar-refractivity contribution in [2.24, 2.45) is 0 Å². The molecule has 0 aliphatic heterocycles. The van der Waals surface area contributed by atoms with Gasteiger partial charge in [0.05, 0.1) is 18.0 Å². The fourth-order valence-electron chi connectivity index (χ4n) is 1.21. The van der Waals surface area contributed by atoms with Gasteiger partial charge in [0.15, 0.2) is 12.0 Å². The van der Waals surface area contributed by atoms with Gasteiger partial charge >= 0.3 is 0 Å². The zero-order valence-electron chi connectivity index (χ0n) is 6.99. The molecule has 0 aromatic carbocycles. The van der Waals surface area contributed by atoms with Crippen molar-refractivity contribution in [3.63, 3.8) is 0 Å². The lowest BCUT2D eigenvalue weighted by molar-refractivity contribution is 0.718. The smallest absolute Gasteiger partial charge is 0.177 e. The van der Waals surface area contributed by atoms with Crippen LogP contribution in [0.5, 0.6) is 0 Å². The second-order valence-electron chi connectivity index (χ2n) is 2.69. The van der Waals surface area contributed by atoms with E-state index in [1.807, 2.05) is 6.07 Å². The summed E-state index contributed by atoms with van der Waals surface area (Å²) >= 11 is 0. The van der Waals surface area contributed by atoms with Gasteiger partial charge < -0.3 is 4.98 Å². The van der Waals surface area contributed by atoms with Gasteiger partial charge in [-0.1, -0.05) is 0 Å². The van der Waals surface area contributed by atoms with Crippen molar-refractivity contribution >= 4 is 11.2 Å². The van der Waals surface area contributed by atoms with Gasteiger partial charge in [-0.2, -0.15) is 0 Å². The summed E-state index contributed by atoms with van der Waals surface area (Å²) in [5.41, 5.74) is 2.27. The third kappa shape index (κ3) is 0.954. The minimum Gasteiger partial charge on any atom is -0.343 e. The summed E-state index contributed by atoms with van der Waals surface area (Å²) in [7, 11) is 0. The van der Waals surface area contributed by atoms with Crippen LogP contribution in [0.25, 0.3) is 16.9 Å². The molecular weight excluding hydrogens is 182 g/mol. The third-order valence-electron chi connectivity index (χ3n) is 1.84. The molecule has 0 saturated heterocycles. The van der Waals surface area contributed by atoms with E-state index in [1.54, 1.807) is 12.5 Å². The number of pyridine rings is 1. The highest BCUT2D eigenvalue weighted by molar-refractivity contribution is 5.71. The Morgan fingerprint density at radius 1 is 1.29 bits per heavy atom. The van der Waals surface area contributed by atoms with E-state index in [-0.39, 0.29) is 0 Å². The lowest BCUT2D eigenvalue weighted by atomic mass is 10.4. The van der Waals surface area contributed by atoms with Gasteiger partial charge in [0.2, 0.25) is 0 Å². The number of fused-ring (bicyclic) bond motifs is 1. The standard InChI is InChI=1S/C7H5N7/c1-5(14-12-4-11-13-14)2-8-7-6(1)9-3-10-7/h1-4H,(H,8,9,10). The number of aromatic amines is 1. The molecule has 7 heteroatoms. The molecule has 0 bridgehead atoms. The Balaban J connectivity index is 2.23. The van der Waals surface area contributed by atoms with Gasteiger partial charge in [0.1, 0.15) is 5.69 Å². The minimum absolute atomic E-state index is 0.675. The van der Waals surface area contributed by atoms with Crippen LogP contribution in [0.15, 0.2) is 24.9 Å². The van der Waals surface area contributed by atoms with E-state index in [1.165, 1.54) is 11.1 Å².